The zero-order valence-electron chi connectivity index (χ0n) is 12.7. The fourth-order valence-electron chi connectivity index (χ4n) is 2.62. The number of amides is 1. The Balaban J connectivity index is 1.99. The molecule has 1 aliphatic heterocycles. The van der Waals surface area contributed by atoms with E-state index in [9.17, 15) is 4.79 Å². The average Bonchev–Trinajstić information content (AvgIpc) is 2.94. The molecule has 1 aromatic heterocycles. The number of nitrogens with zero attached hydrogens (tertiary/aromatic N) is 2. The first-order chi connectivity index (χ1) is 10.2. The van der Waals surface area contributed by atoms with Crippen LogP contribution in [0.3, 0.4) is 0 Å². The molecule has 0 bridgehead atoms. The Morgan fingerprint density at radius 1 is 1.43 bits per heavy atom. The number of carbonyl (C=O) groups is 1. The van der Waals surface area contributed by atoms with Crippen molar-refractivity contribution in [1.29, 1.82) is 0 Å². The Labute approximate surface area is 125 Å². The van der Waals surface area contributed by atoms with Crippen molar-refractivity contribution >= 4 is 11.6 Å². The highest BCUT2D eigenvalue weighted by molar-refractivity contribution is 5.95. The molecule has 0 atom stereocenters. The maximum absolute atomic E-state index is 12.6. The zero-order chi connectivity index (χ0) is 15.1. The molecule has 0 radical (unpaired) electrons. The maximum Gasteiger partial charge on any atom is 0.233 e. The van der Waals surface area contributed by atoms with Gasteiger partial charge in [0.05, 0.1) is 37.1 Å². The number of ether oxygens (including phenoxy) is 2. The van der Waals surface area contributed by atoms with E-state index < -0.39 is 5.41 Å². The number of hydrogen-bond donors (Lipinski definition) is 2. The highest BCUT2D eigenvalue weighted by Gasteiger charge is 2.39. The van der Waals surface area contributed by atoms with Crippen molar-refractivity contribution in [2.45, 2.75) is 19.4 Å². The number of methoxy groups -OCH3 is 2. The lowest BCUT2D eigenvalue weighted by atomic mass is 9.78. The third-order valence-electron chi connectivity index (χ3n) is 3.88. The summed E-state index contributed by atoms with van der Waals surface area (Å²) in [4.78, 5) is 12.6. The number of rotatable bonds is 7. The summed E-state index contributed by atoms with van der Waals surface area (Å²) >= 11 is 0. The van der Waals surface area contributed by atoms with Crippen LogP contribution in [-0.4, -0.2) is 56.2 Å². The van der Waals surface area contributed by atoms with Gasteiger partial charge in [-0.25, -0.2) is 0 Å². The standard InChI is InChI=1S/C14H24N4O3/c1-20-8-7-18-10-12(9-16-18)17-13(19)14(11-21-2)3-5-15-6-4-14/h9-10,15H,3-8,11H2,1-2H3,(H,17,19). The molecule has 7 heteroatoms. The number of piperidine rings is 1. The summed E-state index contributed by atoms with van der Waals surface area (Å²) in [7, 11) is 3.29. The van der Waals surface area contributed by atoms with Gasteiger partial charge in [0.2, 0.25) is 5.91 Å². The highest BCUT2D eigenvalue weighted by Crippen LogP contribution is 2.30. The van der Waals surface area contributed by atoms with Gasteiger partial charge < -0.3 is 20.1 Å². The number of hydrogen-bond acceptors (Lipinski definition) is 5. The number of anilines is 1. The van der Waals surface area contributed by atoms with E-state index in [1.165, 1.54) is 0 Å². The van der Waals surface area contributed by atoms with Crippen molar-refractivity contribution in [3.05, 3.63) is 12.4 Å². The molecule has 1 saturated heterocycles. The summed E-state index contributed by atoms with van der Waals surface area (Å²) in [6, 6.07) is 0. The smallest absolute Gasteiger partial charge is 0.233 e. The van der Waals surface area contributed by atoms with Gasteiger partial charge in [-0.15, -0.1) is 0 Å². The first kappa shape index (κ1) is 15.9. The molecule has 118 valence electrons. The molecule has 0 aliphatic carbocycles. The minimum absolute atomic E-state index is 0.0112. The summed E-state index contributed by atoms with van der Waals surface area (Å²) in [5, 5.41) is 10.4. The van der Waals surface area contributed by atoms with Gasteiger partial charge in [0.15, 0.2) is 0 Å². The normalized spacial score (nSPS) is 17.6. The van der Waals surface area contributed by atoms with E-state index in [-0.39, 0.29) is 5.91 Å². The second kappa shape index (κ2) is 7.53. The molecule has 1 aromatic rings. The highest BCUT2D eigenvalue weighted by atomic mass is 16.5. The number of carbonyl (C=O) groups excluding carboxylic acids is 1. The van der Waals surface area contributed by atoms with Crippen LogP contribution in [0, 0.1) is 5.41 Å². The molecule has 1 aliphatic rings. The number of aromatic nitrogens is 2. The Morgan fingerprint density at radius 2 is 2.19 bits per heavy atom. The van der Waals surface area contributed by atoms with Gasteiger partial charge in [-0.1, -0.05) is 0 Å². The molecular formula is C14H24N4O3. The molecule has 0 unspecified atom stereocenters. The third kappa shape index (κ3) is 4.03. The van der Waals surface area contributed by atoms with Crippen LogP contribution in [0.5, 0.6) is 0 Å². The van der Waals surface area contributed by atoms with Crippen LogP contribution in [0.2, 0.25) is 0 Å². The van der Waals surface area contributed by atoms with E-state index in [0.29, 0.717) is 25.4 Å². The van der Waals surface area contributed by atoms with Crippen LogP contribution in [0.15, 0.2) is 12.4 Å². The predicted molar refractivity (Wildman–Crippen MR) is 79.1 cm³/mol. The van der Waals surface area contributed by atoms with Gasteiger partial charge in [-0.2, -0.15) is 5.10 Å². The fourth-order valence-corrected chi connectivity index (χ4v) is 2.62. The second-order valence-corrected chi connectivity index (χ2v) is 5.40. The van der Waals surface area contributed by atoms with Crippen molar-refractivity contribution in [2.75, 3.05) is 45.8 Å². The van der Waals surface area contributed by atoms with Crippen molar-refractivity contribution in [3.63, 3.8) is 0 Å². The number of nitrogens with one attached hydrogen (secondary N) is 2. The minimum Gasteiger partial charge on any atom is -0.384 e. The molecule has 0 aromatic carbocycles. The molecule has 21 heavy (non-hydrogen) atoms. The lowest BCUT2D eigenvalue weighted by molar-refractivity contribution is -0.130. The van der Waals surface area contributed by atoms with Gasteiger partial charge >= 0.3 is 0 Å². The first-order valence-electron chi connectivity index (χ1n) is 7.23. The fraction of sp³-hybridized carbons (Fsp3) is 0.714. The predicted octanol–water partition coefficient (Wildman–Crippen LogP) is 0.484. The molecule has 0 saturated carbocycles. The summed E-state index contributed by atoms with van der Waals surface area (Å²) in [5.41, 5.74) is 0.263. The molecular weight excluding hydrogens is 272 g/mol. The summed E-state index contributed by atoms with van der Waals surface area (Å²) < 4.78 is 12.0. The second-order valence-electron chi connectivity index (χ2n) is 5.40. The van der Waals surface area contributed by atoms with Crippen LogP contribution in [0.1, 0.15) is 12.8 Å². The molecule has 2 N–H and O–H groups in total. The van der Waals surface area contributed by atoms with Gasteiger partial charge in [0.1, 0.15) is 0 Å². The van der Waals surface area contributed by atoms with E-state index in [1.807, 2.05) is 6.20 Å². The summed E-state index contributed by atoms with van der Waals surface area (Å²) in [5.74, 6) is 0.0112. The Bertz CT molecular complexity index is 449. The van der Waals surface area contributed by atoms with E-state index in [2.05, 4.69) is 15.7 Å². The Kier molecular flexibility index (Phi) is 5.72. The maximum atomic E-state index is 12.6. The molecule has 2 heterocycles. The van der Waals surface area contributed by atoms with Gasteiger partial charge in [0.25, 0.3) is 0 Å². The molecule has 1 fully saturated rings. The van der Waals surface area contributed by atoms with Crippen LogP contribution >= 0.6 is 0 Å². The van der Waals surface area contributed by atoms with Crippen LogP contribution in [0.4, 0.5) is 5.69 Å². The van der Waals surface area contributed by atoms with E-state index >= 15 is 0 Å². The molecule has 7 nitrogen and oxygen atoms in total. The van der Waals surface area contributed by atoms with Crippen molar-refractivity contribution < 1.29 is 14.3 Å². The van der Waals surface area contributed by atoms with Crippen LogP contribution in [-0.2, 0) is 20.8 Å². The monoisotopic (exact) mass is 296 g/mol. The van der Waals surface area contributed by atoms with E-state index in [4.69, 9.17) is 9.47 Å². The minimum atomic E-state index is -0.450. The Hall–Kier alpha value is -1.44. The Morgan fingerprint density at radius 3 is 2.86 bits per heavy atom. The largest absolute Gasteiger partial charge is 0.384 e. The summed E-state index contributed by atoms with van der Waals surface area (Å²) in [6.07, 6.45) is 5.04. The van der Waals surface area contributed by atoms with Gasteiger partial charge in [0, 0.05) is 20.4 Å². The zero-order valence-corrected chi connectivity index (χ0v) is 12.7. The lowest BCUT2D eigenvalue weighted by Gasteiger charge is -2.35. The van der Waals surface area contributed by atoms with Gasteiger partial charge in [-0.3, -0.25) is 9.48 Å². The van der Waals surface area contributed by atoms with E-state index in [1.54, 1.807) is 25.1 Å². The first-order valence-corrected chi connectivity index (χ1v) is 7.23. The molecule has 0 spiro atoms. The molecule has 1 amide bonds. The van der Waals surface area contributed by atoms with Crippen molar-refractivity contribution in [2.24, 2.45) is 5.41 Å². The lowest BCUT2D eigenvalue weighted by Crippen LogP contribution is -2.47. The molecule has 2 rings (SSSR count). The SMILES string of the molecule is COCCn1cc(NC(=O)C2(COC)CCNCC2)cn1. The topological polar surface area (TPSA) is 77.4 Å². The van der Waals surface area contributed by atoms with Crippen LogP contribution < -0.4 is 10.6 Å². The van der Waals surface area contributed by atoms with Crippen LogP contribution in [0.25, 0.3) is 0 Å². The van der Waals surface area contributed by atoms with Crippen molar-refractivity contribution in [3.8, 4) is 0 Å². The van der Waals surface area contributed by atoms with Gasteiger partial charge in [-0.05, 0) is 25.9 Å². The quantitative estimate of drug-likeness (QED) is 0.765. The summed E-state index contributed by atoms with van der Waals surface area (Å²) in [6.45, 7) is 3.37. The van der Waals surface area contributed by atoms with E-state index in [0.717, 1.165) is 25.9 Å². The van der Waals surface area contributed by atoms with Crippen molar-refractivity contribution in [1.82, 2.24) is 15.1 Å². The third-order valence-corrected chi connectivity index (χ3v) is 3.88. The average molecular weight is 296 g/mol.